The van der Waals surface area contributed by atoms with Crippen LogP contribution in [-0.4, -0.2) is 10.7 Å². The van der Waals surface area contributed by atoms with Crippen LogP contribution in [0.15, 0.2) is 22.7 Å². The van der Waals surface area contributed by atoms with Crippen molar-refractivity contribution in [1.29, 1.82) is 0 Å². The smallest absolute Gasteiger partial charge is 0.283 e. The fraction of sp³-hybridized carbons (Fsp3) is 0.125. The number of halogens is 1. The van der Waals surface area contributed by atoms with Crippen molar-refractivity contribution in [3.8, 4) is 0 Å². The molecular formula is C8H6BrNO3. The fourth-order valence-corrected chi connectivity index (χ4v) is 1.40. The first-order valence-corrected chi connectivity index (χ1v) is 4.26. The minimum absolute atomic E-state index is 0.0370. The van der Waals surface area contributed by atoms with E-state index >= 15 is 0 Å². The van der Waals surface area contributed by atoms with E-state index in [-0.39, 0.29) is 11.5 Å². The molecule has 0 aliphatic heterocycles. The second kappa shape index (κ2) is 3.66. The summed E-state index contributed by atoms with van der Waals surface area (Å²) >= 11 is 3.02. The number of nitro benzene ring substituents is 1. The molecule has 1 aromatic rings. The van der Waals surface area contributed by atoms with Gasteiger partial charge in [-0.1, -0.05) is 0 Å². The number of carbonyl (C=O) groups is 1. The zero-order chi connectivity index (χ0) is 10.0. The first kappa shape index (κ1) is 9.85. The van der Waals surface area contributed by atoms with Gasteiger partial charge in [-0.2, -0.15) is 0 Å². The van der Waals surface area contributed by atoms with Crippen LogP contribution in [0, 0.1) is 10.1 Å². The van der Waals surface area contributed by atoms with E-state index < -0.39 is 4.92 Å². The van der Waals surface area contributed by atoms with Crippen LogP contribution in [-0.2, 0) is 0 Å². The molecule has 0 saturated heterocycles. The molecule has 13 heavy (non-hydrogen) atoms. The van der Waals surface area contributed by atoms with Gasteiger partial charge in [-0.05, 0) is 35.0 Å². The van der Waals surface area contributed by atoms with Crippen molar-refractivity contribution in [3.63, 3.8) is 0 Å². The van der Waals surface area contributed by atoms with Crippen molar-refractivity contribution >= 4 is 27.4 Å². The maximum Gasteiger partial charge on any atom is 0.283 e. The van der Waals surface area contributed by atoms with Crippen molar-refractivity contribution in [2.75, 3.05) is 0 Å². The summed E-state index contributed by atoms with van der Waals surface area (Å²) in [6, 6.07) is 4.19. The standard InChI is InChI=1S/C8H6BrNO3/c1-5(11)6-2-3-8(10(12)13)7(9)4-6/h2-4H,1H3. The van der Waals surface area contributed by atoms with Crippen LogP contribution in [0.2, 0.25) is 0 Å². The van der Waals surface area contributed by atoms with Crippen LogP contribution in [0.3, 0.4) is 0 Å². The number of rotatable bonds is 2. The summed E-state index contributed by atoms with van der Waals surface area (Å²) in [5.74, 6) is -0.115. The van der Waals surface area contributed by atoms with E-state index in [1.54, 1.807) is 0 Å². The molecule has 5 heteroatoms. The van der Waals surface area contributed by atoms with Crippen molar-refractivity contribution in [2.24, 2.45) is 0 Å². The molecule has 1 aromatic carbocycles. The first-order valence-electron chi connectivity index (χ1n) is 3.47. The topological polar surface area (TPSA) is 60.2 Å². The largest absolute Gasteiger partial charge is 0.295 e. The minimum Gasteiger partial charge on any atom is -0.295 e. The molecule has 0 radical (unpaired) electrons. The molecule has 1 rings (SSSR count). The Hall–Kier alpha value is -1.23. The summed E-state index contributed by atoms with van der Waals surface area (Å²) in [5, 5.41) is 10.4. The summed E-state index contributed by atoms with van der Waals surface area (Å²) in [6.45, 7) is 1.41. The molecule has 0 amide bonds. The van der Waals surface area contributed by atoms with E-state index in [1.807, 2.05) is 0 Å². The third-order valence-corrected chi connectivity index (χ3v) is 2.19. The molecule has 0 bridgehead atoms. The number of hydrogen-bond acceptors (Lipinski definition) is 3. The van der Waals surface area contributed by atoms with Crippen LogP contribution >= 0.6 is 15.9 Å². The highest BCUT2D eigenvalue weighted by atomic mass is 79.9. The molecule has 68 valence electrons. The maximum atomic E-state index is 10.9. The molecule has 0 atom stereocenters. The molecule has 0 aliphatic rings. The molecule has 0 spiro atoms. The average Bonchev–Trinajstić information content (AvgIpc) is 2.03. The molecule has 0 saturated carbocycles. The van der Waals surface area contributed by atoms with Gasteiger partial charge in [0.15, 0.2) is 5.78 Å². The first-order chi connectivity index (χ1) is 6.02. The highest BCUT2D eigenvalue weighted by molar-refractivity contribution is 9.10. The second-order valence-electron chi connectivity index (χ2n) is 2.48. The fourth-order valence-electron chi connectivity index (χ4n) is 0.874. The van der Waals surface area contributed by atoms with Crippen molar-refractivity contribution in [1.82, 2.24) is 0 Å². The lowest BCUT2D eigenvalue weighted by molar-refractivity contribution is -0.385. The van der Waals surface area contributed by atoms with Crippen molar-refractivity contribution in [2.45, 2.75) is 6.92 Å². The summed E-state index contributed by atoms with van der Waals surface area (Å²) in [5.41, 5.74) is 0.419. The quantitative estimate of drug-likeness (QED) is 0.456. The number of Topliss-reactive ketones (excluding diaryl/α,β-unsaturated/α-hetero) is 1. The minimum atomic E-state index is -0.506. The van der Waals surface area contributed by atoms with Crippen LogP contribution in [0.1, 0.15) is 17.3 Å². The van der Waals surface area contributed by atoms with Crippen LogP contribution < -0.4 is 0 Å². The molecule has 0 aliphatic carbocycles. The van der Waals surface area contributed by atoms with Gasteiger partial charge < -0.3 is 0 Å². The van der Waals surface area contributed by atoms with Crippen LogP contribution in [0.25, 0.3) is 0 Å². The lowest BCUT2D eigenvalue weighted by Gasteiger charge is -1.97. The molecule has 0 heterocycles. The van der Waals surface area contributed by atoms with E-state index in [4.69, 9.17) is 0 Å². The number of ketones is 1. The number of hydrogen-bond donors (Lipinski definition) is 0. The summed E-state index contributed by atoms with van der Waals surface area (Å²) in [6.07, 6.45) is 0. The Morgan fingerprint density at radius 1 is 1.54 bits per heavy atom. The van der Waals surface area contributed by atoms with Crippen LogP contribution in [0.5, 0.6) is 0 Å². The van der Waals surface area contributed by atoms with E-state index in [1.165, 1.54) is 25.1 Å². The average molecular weight is 244 g/mol. The van der Waals surface area contributed by atoms with Gasteiger partial charge in [-0.15, -0.1) is 0 Å². The highest BCUT2D eigenvalue weighted by Crippen LogP contribution is 2.25. The Labute approximate surface area is 82.8 Å². The number of nitro groups is 1. The Morgan fingerprint density at radius 2 is 2.15 bits per heavy atom. The zero-order valence-corrected chi connectivity index (χ0v) is 8.37. The monoisotopic (exact) mass is 243 g/mol. The molecule has 0 unspecified atom stereocenters. The molecule has 0 aromatic heterocycles. The van der Waals surface area contributed by atoms with E-state index in [2.05, 4.69) is 15.9 Å². The maximum absolute atomic E-state index is 10.9. The van der Waals surface area contributed by atoms with Gasteiger partial charge in [-0.3, -0.25) is 14.9 Å². The Kier molecular flexibility index (Phi) is 2.77. The Morgan fingerprint density at radius 3 is 2.54 bits per heavy atom. The third kappa shape index (κ3) is 2.12. The summed E-state index contributed by atoms with van der Waals surface area (Å²) in [4.78, 5) is 20.8. The lowest BCUT2D eigenvalue weighted by atomic mass is 10.1. The second-order valence-corrected chi connectivity index (χ2v) is 3.33. The summed E-state index contributed by atoms with van der Waals surface area (Å²) < 4.78 is 0.324. The van der Waals surface area contributed by atoms with E-state index in [9.17, 15) is 14.9 Å². The Balaban J connectivity index is 3.20. The molecule has 4 nitrogen and oxygen atoms in total. The highest BCUT2D eigenvalue weighted by Gasteiger charge is 2.12. The van der Waals surface area contributed by atoms with Gasteiger partial charge >= 0.3 is 0 Å². The Bertz CT molecular complexity index is 376. The van der Waals surface area contributed by atoms with E-state index in [0.717, 1.165) is 0 Å². The number of nitrogens with zero attached hydrogens (tertiary/aromatic N) is 1. The molecule has 0 fully saturated rings. The van der Waals surface area contributed by atoms with E-state index in [0.29, 0.717) is 10.0 Å². The number of benzene rings is 1. The molecule has 0 N–H and O–H groups in total. The van der Waals surface area contributed by atoms with Gasteiger partial charge in [0.1, 0.15) is 0 Å². The predicted octanol–water partition coefficient (Wildman–Crippen LogP) is 2.56. The van der Waals surface area contributed by atoms with Crippen molar-refractivity contribution in [3.05, 3.63) is 38.3 Å². The predicted molar refractivity (Wildman–Crippen MR) is 50.8 cm³/mol. The lowest BCUT2D eigenvalue weighted by Crippen LogP contribution is -1.94. The van der Waals surface area contributed by atoms with Gasteiger partial charge in [0, 0.05) is 11.6 Å². The third-order valence-electron chi connectivity index (χ3n) is 1.55. The summed E-state index contributed by atoms with van der Waals surface area (Å²) in [7, 11) is 0. The van der Waals surface area contributed by atoms with Crippen LogP contribution in [0.4, 0.5) is 5.69 Å². The van der Waals surface area contributed by atoms with Gasteiger partial charge in [0.05, 0.1) is 9.40 Å². The zero-order valence-electron chi connectivity index (χ0n) is 6.78. The van der Waals surface area contributed by atoms with Gasteiger partial charge in [0.2, 0.25) is 0 Å². The number of carbonyl (C=O) groups excluding carboxylic acids is 1. The van der Waals surface area contributed by atoms with Crippen molar-refractivity contribution < 1.29 is 9.72 Å². The molecular weight excluding hydrogens is 238 g/mol. The van der Waals surface area contributed by atoms with Gasteiger partial charge in [0.25, 0.3) is 5.69 Å². The normalized spacial score (nSPS) is 9.69. The SMILES string of the molecule is CC(=O)c1ccc([N+](=O)[O-])c(Br)c1. The van der Waals surface area contributed by atoms with Gasteiger partial charge in [-0.25, -0.2) is 0 Å².